The number of unbranched alkanes of at least 4 members (excludes halogenated alkanes) is 2. The molecule has 0 heterocycles. The molecule has 0 spiro atoms. The first-order valence-corrected chi connectivity index (χ1v) is 9.61. The highest BCUT2D eigenvalue weighted by molar-refractivity contribution is 5.44. The number of benzene rings is 1. The summed E-state index contributed by atoms with van der Waals surface area (Å²) < 4.78 is 13.9. The standard InChI is InChI=1S/C22H28FN/c1-2-3-4-5-16-6-8-17(9-7-16)18-10-11-19-13-21(15-24)22(23)14-20(19)12-18/h10,13-14,16-17H,2-9,11-12H2,1H3. The van der Waals surface area contributed by atoms with Crippen molar-refractivity contribution >= 4 is 0 Å². The maximum absolute atomic E-state index is 13.9. The Balaban J connectivity index is 1.58. The number of nitrogens with zero attached hydrogens (tertiary/aromatic N) is 1. The highest BCUT2D eigenvalue weighted by Crippen LogP contribution is 2.38. The van der Waals surface area contributed by atoms with Gasteiger partial charge in [0, 0.05) is 0 Å². The Hall–Kier alpha value is -1.62. The van der Waals surface area contributed by atoms with Gasteiger partial charge in [-0.15, -0.1) is 0 Å². The molecule has 1 fully saturated rings. The van der Waals surface area contributed by atoms with Crippen LogP contribution >= 0.6 is 0 Å². The third-order valence-electron chi connectivity index (χ3n) is 5.98. The van der Waals surface area contributed by atoms with E-state index in [1.807, 2.05) is 6.07 Å². The predicted molar refractivity (Wildman–Crippen MR) is 96.2 cm³/mol. The molecular formula is C22H28FN. The summed E-state index contributed by atoms with van der Waals surface area (Å²) in [5.41, 5.74) is 3.91. The lowest BCUT2D eigenvalue weighted by Gasteiger charge is -2.32. The lowest BCUT2D eigenvalue weighted by atomic mass is 9.73. The van der Waals surface area contributed by atoms with Crippen LogP contribution < -0.4 is 0 Å². The van der Waals surface area contributed by atoms with Gasteiger partial charge in [-0.3, -0.25) is 0 Å². The molecule has 0 aromatic heterocycles. The number of allylic oxidation sites excluding steroid dienone is 2. The average molecular weight is 325 g/mol. The van der Waals surface area contributed by atoms with Crippen LogP contribution in [-0.4, -0.2) is 0 Å². The molecule has 2 aliphatic carbocycles. The van der Waals surface area contributed by atoms with Crippen LogP contribution in [0.3, 0.4) is 0 Å². The topological polar surface area (TPSA) is 23.8 Å². The molecule has 0 unspecified atom stereocenters. The third-order valence-corrected chi connectivity index (χ3v) is 5.98. The van der Waals surface area contributed by atoms with Crippen molar-refractivity contribution in [3.63, 3.8) is 0 Å². The Morgan fingerprint density at radius 1 is 1.12 bits per heavy atom. The molecule has 24 heavy (non-hydrogen) atoms. The number of halogens is 1. The van der Waals surface area contributed by atoms with Gasteiger partial charge in [0.05, 0.1) is 5.56 Å². The minimum Gasteiger partial charge on any atom is -0.206 e. The first kappa shape index (κ1) is 17.2. The Morgan fingerprint density at radius 2 is 1.92 bits per heavy atom. The number of fused-ring (bicyclic) bond motifs is 1. The summed E-state index contributed by atoms with van der Waals surface area (Å²) >= 11 is 0. The summed E-state index contributed by atoms with van der Waals surface area (Å²) in [6, 6.07) is 5.28. The van der Waals surface area contributed by atoms with E-state index in [2.05, 4.69) is 13.0 Å². The second-order valence-corrected chi connectivity index (χ2v) is 7.59. The van der Waals surface area contributed by atoms with Crippen molar-refractivity contribution in [1.82, 2.24) is 0 Å². The average Bonchev–Trinajstić information content (AvgIpc) is 2.61. The van der Waals surface area contributed by atoms with Gasteiger partial charge in [0.25, 0.3) is 0 Å². The molecule has 2 heteroatoms. The fraction of sp³-hybridized carbons (Fsp3) is 0.591. The minimum absolute atomic E-state index is 0.179. The molecule has 0 radical (unpaired) electrons. The van der Waals surface area contributed by atoms with Crippen LogP contribution in [0.2, 0.25) is 0 Å². The molecular weight excluding hydrogens is 297 g/mol. The lowest BCUT2D eigenvalue weighted by Crippen LogP contribution is -2.19. The fourth-order valence-corrected chi connectivity index (χ4v) is 4.45. The molecule has 3 rings (SSSR count). The summed E-state index contributed by atoms with van der Waals surface area (Å²) in [5.74, 6) is 1.26. The van der Waals surface area contributed by atoms with Gasteiger partial charge < -0.3 is 0 Å². The van der Waals surface area contributed by atoms with Crippen LogP contribution in [0.5, 0.6) is 0 Å². The molecule has 0 N–H and O–H groups in total. The van der Waals surface area contributed by atoms with Crippen molar-refractivity contribution in [2.24, 2.45) is 11.8 Å². The lowest BCUT2D eigenvalue weighted by molar-refractivity contribution is 0.279. The highest BCUT2D eigenvalue weighted by atomic mass is 19.1. The first-order valence-electron chi connectivity index (χ1n) is 9.61. The molecule has 1 saturated carbocycles. The molecule has 1 aromatic rings. The largest absolute Gasteiger partial charge is 0.206 e. The molecule has 0 atom stereocenters. The monoisotopic (exact) mass is 325 g/mol. The van der Waals surface area contributed by atoms with Crippen molar-refractivity contribution in [1.29, 1.82) is 5.26 Å². The third kappa shape index (κ3) is 3.89. The minimum atomic E-state index is -0.364. The number of rotatable bonds is 5. The van der Waals surface area contributed by atoms with Crippen molar-refractivity contribution in [3.8, 4) is 6.07 Å². The van der Waals surface area contributed by atoms with Crippen LogP contribution in [0, 0.1) is 29.0 Å². The zero-order valence-electron chi connectivity index (χ0n) is 14.8. The smallest absolute Gasteiger partial charge is 0.141 e. The first-order chi connectivity index (χ1) is 11.7. The Labute approximate surface area is 145 Å². The fourth-order valence-electron chi connectivity index (χ4n) is 4.45. The van der Waals surface area contributed by atoms with Gasteiger partial charge in [-0.2, -0.15) is 5.26 Å². The molecule has 1 aromatic carbocycles. The molecule has 0 bridgehead atoms. The van der Waals surface area contributed by atoms with Gasteiger partial charge in [-0.05, 0) is 73.6 Å². The van der Waals surface area contributed by atoms with E-state index in [0.29, 0.717) is 5.92 Å². The van der Waals surface area contributed by atoms with Gasteiger partial charge in [0.2, 0.25) is 0 Å². The zero-order chi connectivity index (χ0) is 16.9. The van der Waals surface area contributed by atoms with Gasteiger partial charge >= 0.3 is 0 Å². The molecule has 0 aliphatic heterocycles. The zero-order valence-corrected chi connectivity index (χ0v) is 14.8. The second kappa shape index (κ2) is 7.97. The van der Waals surface area contributed by atoms with E-state index < -0.39 is 0 Å². The molecule has 0 amide bonds. The predicted octanol–water partition coefficient (Wildman–Crippen LogP) is 6.11. The summed E-state index contributed by atoms with van der Waals surface area (Å²) in [6.07, 6.45) is 14.9. The molecule has 1 nitrogen and oxygen atoms in total. The van der Waals surface area contributed by atoms with E-state index in [9.17, 15) is 4.39 Å². The van der Waals surface area contributed by atoms with Crippen molar-refractivity contribution in [2.75, 3.05) is 0 Å². The van der Waals surface area contributed by atoms with E-state index in [-0.39, 0.29) is 11.4 Å². The van der Waals surface area contributed by atoms with Crippen molar-refractivity contribution in [3.05, 3.63) is 46.3 Å². The normalized spacial score (nSPS) is 23.3. The van der Waals surface area contributed by atoms with Crippen LogP contribution in [0.15, 0.2) is 23.8 Å². The van der Waals surface area contributed by atoms with Crippen LogP contribution in [0.1, 0.15) is 75.0 Å². The maximum atomic E-state index is 13.9. The van der Waals surface area contributed by atoms with Gasteiger partial charge in [0.15, 0.2) is 0 Å². The van der Waals surface area contributed by atoms with E-state index >= 15 is 0 Å². The van der Waals surface area contributed by atoms with Crippen LogP contribution in [0.25, 0.3) is 0 Å². The quantitative estimate of drug-likeness (QED) is 0.473. The molecule has 128 valence electrons. The Bertz CT molecular complexity index is 645. The van der Waals surface area contributed by atoms with Crippen LogP contribution in [-0.2, 0) is 12.8 Å². The SMILES string of the molecule is CCCCCC1CCC(C2=CCc3cc(C#N)c(F)cc3C2)CC1. The molecule has 0 saturated heterocycles. The Morgan fingerprint density at radius 3 is 2.62 bits per heavy atom. The van der Waals surface area contributed by atoms with Crippen molar-refractivity contribution < 1.29 is 4.39 Å². The summed E-state index contributed by atoms with van der Waals surface area (Å²) in [4.78, 5) is 0. The van der Waals surface area contributed by atoms with E-state index in [4.69, 9.17) is 5.26 Å². The van der Waals surface area contributed by atoms with Gasteiger partial charge in [-0.1, -0.05) is 44.3 Å². The summed E-state index contributed by atoms with van der Waals surface area (Å²) in [6.45, 7) is 2.27. The second-order valence-electron chi connectivity index (χ2n) is 7.59. The van der Waals surface area contributed by atoms with Gasteiger partial charge in [-0.25, -0.2) is 4.39 Å². The maximum Gasteiger partial charge on any atom is 0.141 e. The van der Waals surface area contributed by atoms with E-state index in [0.717, 1.165) is 29.9 Å². The van der Waals surface area contributed by atoms with Crippen LogP contribution in [0.4, 0.5) is 4.39 Å². The van der Waals surface area contributed by atoms with Gasteiger partial charge in [0.1, 0.15) is 11.9 Å². The molecule has 2 aliphatic rings. The van der Waals surface area contributed by atoms with E-state index in [1.165, 1.54) is 56.9 Å². The number of hydrogen-bond acceptors (Lipinski definition) is 1. The van der Waals surface area contributed by atoms with Crippen molar-refractivity contribution in [2.45, 2.75) is 71.1 Å². The number of hydrogen-bond donors (Lipinski definition) is 0. The Kier molecular flexibility index (Phi) is 5.72. The summed E-state index contributed by atoms with van der Waals surface area (Å²) in [5, 5.41) is 8.97. The highest BCUT2D eigenvalue weighted by Gasteiger charge is 2.25. The number of nitriles is 1. The van der Waals surface area contributed by atoms with E-state index in [1.54, 1.807) is 12.1 Å². The summed E-state index contributed by atoms with van der Waals surface area (Å²) in [7, 11) is 0.